The van der Waals surface area contributed by atoms with Gasteiger partial charge in [0.1, 0.15) is 12.1 Å². The van der Waals surface area contributed by atoms with Crippen molar-refractivity contribution in [2.24, 2.45) is 17.4 Å². The monoisotopic (exact) mass is 475 g/mol. The standard InChI is InChI=1S/C20H37N5O8/c1-10(2)15(19(31)25-16(11(3)26)20(32)33)24-18(30)13(7-8-14(27)28)23-17(29)12(22)6-4-5-9-21/h10-13,15-16,26H,4-9,21-22H2,1-3H3,(H,23,29)(H,24,30)(H,25,31)(H,27,28)(H,32,33). The summed E-state index contributed by atoms with van der Waals surface area (Å²) < 4.78 is 0. The van der Waals surface area contributed by atoms with Crippen LogP contribution in [0, 0.1) is 5.92 Å². The van der Waals surface area contributed by atoms with Crippen LogP contribution in [0.3, 0.4) is 0 Å². The van der Waals surface area contributed by atoms with Gasteiger partial charge in [-0.25, -0.2) is 4.79 Å². The van der Waals surface area contributed by atoms with Gasteiger partial charge in [0.25, 0.3) is 0 Å². The van der Waals surface area contributed by atoms with Crippen LogP contribution in [-0.2, 0) is 24.0 Å². The van der Waals surface area contributed by atoms with E-state index >= 15 is 0 Å². The Hall–Kier alpha value is -2.77. The molecule has 0 aliphatic carbocycles. The number of nitrogens with one attached hydrogen (secondary N) is 3. The highest BCUT2D eigenvalue weighted by Crippen LogP contribution is 2.07. The minimum absolute atomic E-state index is 0.250. The third-order valence-corrected chi connectivity index (χ3v) is 4.88. The van der Waals surface area contributed by atoms with Crippen molar-refractivity contribution in [3.05, 3.63) is 0 Å². The fourth-order valence-corrected chi connectivity index (χ4v) is 2.88. The van der Waals surface area contributed by atoms with Gasteiger partial charge in [-0.3, -0.25) is 19.2 Å². The predicted molar refractivity (Wildman–Crippen MR) is 118 cm³/mol. The first-order chi connectivity index (χ1) is 15.3. The zero-order valence-electron chi connectivity index (χ0n) is 19.2. The third-order valence-electron chi connectivity index (χ3n) is 4.88. The molecule has 0 rings (SSSR count). The molecule has 5 unspecified atom stereocenters. The zero-order valence-corrected chi connectivity index (χ0v) is 19.2. The van der Waals surface area contributed by atoms with E-state index in [0.717, 1.165) is 0 Å². The van der Waals surface area contributed by atoms with Crippen molar-refractivity contribution in [3.63, 3.8) is 0 Å². The Bertz CT molecular complexity index is 685. The number of carbonyl (C=O) groups excluding carboxylic acids is 3. The number of amides is 3. The Labute approximate surface area is 192 Å². The molecule has 13 heteroatoms. The van der Waals surface area contributed by atoms with Crippen molar-refractivity contribution < 1.29 is 39.3 Å². The molecule has 0 saturated carbocycles. The number of aliphatic hydroxyl groups excluding tert-OH is 1. The zero-order chi connectivity index (χ0) is 25.7. The Morgan fingerprint density at radius 1 is 0.818 bits per heavy atom. The van der Waals surface area contributed by atoms with Gasteiger partial charge in [0.15, 0.2) is 6.04 Å². The minimum Gasteiger partial charge on any atom is -0.481 e. The Morgan fingerprint density at radius 2 is 1.39 bits per heavy atom. The average Bonchev–Trinajstić information content (AvgIpc) is 2.71. The summed E-state index contributed by atoms with van der Waals surface area (Å²) in [7, 11) is 0. The molecule has 3 amide bonds. The lowest BCUT2D eigenvalue weighted by atomic mass is 10.0. The average molecular weight is 476 g/mol. The van der Waals surface area contributed by atoms with Crippen LogP contribution < -0.4 is 27.4 Å². The quantitative estimate of drug-likeness (QED) is 0.113. The van der Waals surface area contributed by atoms with E-state index in [2.05, 4.69) is 16.0 Å². The van der Waals surface area contributed by atoms with E-state index < -0.39 is 72.3 Å². The molecule has 0 aliphatic rings. The molecule has 0 aromatic carbocycles. The van der Waals surface area contributed by atoms with E-state index in [1.807, 2.05) is 0 Å². The number of carboxylic acids is 2. The maximum atomic E-state index is 12.8. The molecule has 190 valence electrons. The number of aliphatic hydroxyl groups is 1. The molecule has 33 heavy (non-hydrogen) atoms. The molecule has 0 fully saturated rings. The first kappa shape index (κ1) is 30.2. The fourth-order valence-electron chi connectivity index (χ4n) is 2.88. The van der Waals surface area contributed by atoms with Crippen molar-refractivity contribution in [1.29, 1.82) is 0 Å². The molecule has 0 spiro atoms. The van der Waals surface area contributed by atoms with Gasteiger partial charge in [-0.1, -0.05) is 20.3 Å². The number of hydrogen-bond acceptors (Lipinski definition) is 8. The summed E-state index contributed by atoms with van der Waals surface area (Å²) in [5, 5.41) is 34.7. The maximum Gasteiger partial charge on any atom is 0.328 e. The summed E-state index contributed by atoms with van der Waals surface area (Å²) in [6, 6.07) is -5.01. The lowest BCUT2D eigenvalue weighted by Gasteiger charge is -2.27. The van der Waals surface area contributed by atoms with E-state index in [1.54, 1.807) is 13.8 Å². The van der Waals surface area contributed by atoms with Crippen LogP contribution in [0.2, 0.25) is 0 Å². The van der Waals surface area contributed by atoms with Crippen LogP contribution in [0.25, 0.3) is 0 Å². The van der Waals surface area contributed by atoms with Gasteiger partial charge in [-0.05, 0) is 38.6 Å². The van der Waals surface area contributed by atoms with Crippen molar-refractivity contribution in [3.8, 4) is 0 Å². The van der Waals surface area contributed by atoms with Gasteiger partial charge in [-0.15, -0.1) is 0 Å². The fraction of sp³-hybridized carbons (Fsp3) is 0.750. The first-order valence-electron chi connectivity index (χ1n) is 10.8. The minimum atomic E-state index is -1.59. The van der Waals surface area contributed by atoms with Gasteiger partial charge < -0.3 is 42.7 Å². The van der Waals surface area contributed by atoms with Crippen LogP contribution in [0.4, 0.5) is 0 Å². The van der Waals surface area contributed by atoms with Gasteiger partial charge in [0.2, 0.25) is 17.7 Å². The highest BCUT2D eigenvalue weighted by Gasteiger charge is 2.33. The second kappa shape index (κ2) is 15.1. The summed E-state index contributed by atoms with van der Waals surface area (Å²) in [6.45, 7) is 4.83. The van der Waals surface area contributed by atoms with Crippen LogP contribution in [0.5, 0.6) is 0 Å². The lowest BCUT2D eigenvalue weighted by Crippen LogP contribution is -2.59. The molecule has 0 radical (unpaired) electrons. The molecule has 0 bridgehead atoms. The molecule has 0 heterocycles. The van der Waals surface area contributed by atoms with Crippen molar-refractivity contribution in [2.75, 3.05) is 6.54 Å². The predicted octanol–water partition coefficient (Wildman–Crippen LogP) is -2.12. The smallest absolute Gasteiger partial charge is 0.328 e. The van der Waals surface area contributed by atoms with E-state index in [0.29, 0.717) is 25.8 Å². The second-order valence-electron chi connectivity index (χ2n) is 8.18. The van der Waals surface area contributed by atoms with Crippen molar-refractivity contribution in [1.82, 2.24) is 16.0 Å². The summed E-state index contributed by atoms with van der Waals surface area (Å²) in [5.74, 6) is -5.46. The summed E-state index contributed by atoms with van der Waals surface area (Å²) in [5.41, 5.74) is 11.2. The van der Waals surface area contributed by atoms with E-state index in [-0.39, 0.29) is 6.42 Å². The van der Waals surface area contributed by atoms with E-state index in [4.69, 9.17) is 21.7 Å². The van der Waals surface area contributed by atoms with Crippen LogP contribution >= 0.6 is 0 Å². The third kappa shape index (κ3) is 11.6. The Morgan fingerprint density at radius 3 is 1.85 bits per heavy atom. The van der Waals surface area contributed by atoms with Gasteiger partial charge in [0, 0.05) is 6.42 Å². The van der Waals surface area contributed by atoms with E-state index in [1.165, 1.54) is 6.92 Å². The lowest BCUT2D eigenvalue weighted by molar-refractivity contribution is -0.145. The maximum absolute atomic E-state index is 12.8. The molecular weight excluding hydrogens is 438 g/mol. The number of aliphatic carboxylic acids is 2. The first-order valence-corrected chi connectivity index (χ1v) is 10.8. The number of unbranched alkanes of at least 4 members (excludes halogenated alkanes) is 1. The Balaban J connectivity index is 5.40. The molecule has 0 aromatic heterocycles. The highest BCUT2D eigenvalue weighted by molar-refractivity contribution is 5.94. The number of hydrogen-bond donors (Lipinski definition) is 8. The largest absolute Gasteiger partial charge is 0.481 e. The number of nitrogens with two attached hydrogens (primary N) is 2. The molecule has 0 aliphatic heterocycles. The molecular formula is C20H37N5O8. The topological polar surface area (TPSA) is 234 Å². The van der Waals surface area contributed by atoms with Crippen LogP contribution in [-0.4, -0.2) is 81.8 Å². The normalized spacial score (nSPS) is 15.6. The van der Waals surface area contributed by atoms with Gasteiger partial charge >= 0.3 is 11.9 Å². The Kier molecular flexibility index (Phi) is 13.9. The van der Waals surface area contributed by atoms with Crippen molar-refractivity contribution in [2.45, 2.75) is 83.1 Å². The summed E-state index contributed by atoms with van der Waals surface area (Å²) in [4.78, 5) is 60.0. The van der Waals surface area contributed by atoms with Gasteiger partial charge in [0.05, 0.1) is 12.1 Å². The second-order valence-corrected chi connectivity index (χ2v) is 8.18. The highest BCUT2D eigenvalue weighted by atomic mass is 16.4. The van der Waals surface area contributed by atoms with E-state index in [9.17, 15) is 29.1 Å². The molecule has 0 saturated heterocycles. The van der Waals surface area contributed by atoms with Crippen LogP contribution in [0.1, 0.15) is 52.9 Å². The molecule has 5 atom stereocenters. The number of carboxylic acid groups (broad SMARTS) is 2. The van der Waals surface area contributed by atoms with Crippen LogP contribution in [0.15, 0.2) is 0 Å². The molecule has 0 aromatic rings. The molecule has 10 N–H and O–H groups in total. The van der Waals surface area contributed by atoms with Gasteiger partial charge in [-0.2, -0.15) is 0 Å². The molecule has 13 nitrogen and oxygen atoms in total. The summed E-state index contributed by atoms with van der Waals surface area (Å²) in [6.07, 6.45) is -0.482. The number of rotatable bonds is 16. The SMILES string of the molecule is CC(C)C(NC(=O)C(CCC(=O)O)NC(=O)C(N)CCCCN)C(=O)NC(C(=O)O)C(C)O. The van der Waals surface area contributed by atoms with Crippen molar-refractivity contribution >= 4 is 29.7 Å². The summed E-state index contributed by atoms with van der Waals surface area (Å²) >= 11 is 0. The number of carbonyl (C=O) groups is 5.